The molecule has 0 spiro atoms. The highest BCUT2D eigenvalue weighted by atomic mass is 32.2. The van der Waals surface area contributed by atoms with Gasteiger partial charge in [0.25, 0.3) is 0 Å². The SMILES string of the molecule is CNCCC(=O)NC1CCSc2ccccc21. The van der Waals surface area contributed by atoms with Crippen molar-refractivity contribution in [3.05, 3.63) is 29.8 Å². The first-order valence-electron chi connectivity index (χ1n) is 5.97. The van der Waals surface area contributed by atoms with Crippen LogP contribution in [0.15, 0.2) is 29.2 Å². The van der Waals surface area contributed by atoms with Crippen molar-refractivity contribution in [2.24, 2.45) is 0 Å². The Hall–Kier alpha value is -1.00. The van der Waals surface area contributed by atoms with Crippen LogP contribution in [0.25, 0.3) is 0 Å². The van der Waals surface area contributed by atoms with E-state index >= 15 is 0 Å². The smallest absolute Gasteiger partial charge is 0.221 e. The monoisotopic (exact) mass is 250 g/mol. The Bertz CT molecular complexity index is 395. The van der Waals surface area contributed by atoms with Crippen LogP contribution in [0, 0.1) is 0 Å². The Morgan fingerprint density at radius 1 is 1.47 bits per heavy atom. The summed E-state index contributed by atoms with van der Waals surface area (Å²) in [4.78, 5) is 13.0. The molecule has 1 heterocycles. The Morgan fingerprint density at radius 2 is 2.29 bits per heavy atom. The number of fused-ring (bicyclic) bond motifs is 1. The molecule has 0 bridgehead atoms. The van der Waals surface area contributed by atoms with E-state index in [9.17, 15) is 4.79 Å². The summed E-state index contributed by atoms with van der Waals surface area (Å²) in [5.74, 6) is 1.21. The number of thioether (sulfide) groups is 1. The third kappa shape index (κ3) is 3.23. The fourth-order valence-electron chi connectivity index (χ4n) is 2.00. The van der Waals surface area contributed by atoms with Gasteiger partial charge < -0.3 is 10.6 Å². The lowest BCUT2D eigenvalue weighted by Gasteiger charge is -2.25. The minimum atomic E-state index is 0.131. The molecule has 0 saturated heterocycles. The summed E-state index contributed by atoms with van der Waals surface area (Å²) < 4.78 is 0. The number of benzene rings is 1. The van der Waals surface area contributed by atoms with E-state index < -0.39 is 0 Å². The van der Waals surface area contributed by atoms with Crippen molar-refractivity contribution in [1.82, 2.24) is 10.6 Å². The van der Waals surface area contributed by atoms with Crippen LogP contribution in [0.4, 0.5) is 0 Å². The lowest BCUT2D eigenvalue weighted by atomic mass is 10.0. The highest BCUT2D eigenvalue weighted by Gasteiger charge is 2.21. The van der Waals surface area contributed by atoms with Gasteiger partial charge in [0.15, 0.2) is 0 Å². The van der Waals surface area contributed by atoms with E-state index in [0.717, 1.165) is 18.7 Å². The minimum Gasteiger partial charge on any atom is -0.349 e. The molecule has 1 atom stereocenters. The van der Waals surface area contributed by atoms with Gasteiger partial charge in [-0.1, -0.05) is 18.2 Å². The van der Waals surface area contributed by atoms with Gasteiger partial charge in [-0.15, -0.1) is 11.8 Å². The summed E-state index contributed by atoms with van der Waals surface area (Å²) in [5, 5.41) is 6.11. The zero-order valence-electron chi connectivity index (χ0n) is 10.0. The molecule has 17 heavy (non-hydrogen) atoms. The number of hydrogen-bond donors (Lipinski definition) is 2. The summed E-state index contributed by atoms with van der Waals surface area (Å²) in [6, 6.07) is 8.53. The van der Waals surface area contributed by atoms with Gasteiger partial charge in [-0.25, -0.2) is 0 Å². The summed E-state index contributed by atoms with van der Waals surface area (Å²) in [6.45, 7) is 0.731. The van der Waals surface area contributed by atoms with Crippen LogP contribution in [0.2, 0.25) is 0 Å². The first kappa shape index (κ1) is 12.5. The number of amides is 1. The van der Waals surface area contributed by atoms with Crippen molar-refractivity contribution >= 4 is 17.7 Å². The molecular weight excluding hydrogens is 232 g/mol. The van der Waals surface area contributed by atoms with Crippen LogP contribution in [0.5, 0.6) is 0 Å². The van der Waals surface area contributed by atoms with E-state index in [1.54, 1.807) is 0 Å². The third-order valence-electron chi connectivity index (χ3n) is 2.90. The summed E-state index contributed by atoms with van der Waals surface area (Å²) in [6.07, 6.45) is 1.56. The van der Waals surface area contributed by atoms with E-state index in [1.165, 1.54) is 10.5 Å². The first-order valence-corrected chi connectivity index (χ1v) is 6.95. The number of carbonyl (C=O) groups is 1. The topological polar surface area (TPSA) is 41.1 Å². The fourth-order valence-corrected chi connectivity index (χ4v) is 3.12. The van der Waals surface area contributed by atoms with Gasteiger partial charge in [0.1, 0.15) is 0 Å². The molecule has 4 heteroatoms. The molecule has 1 aliphatic rings. The Labute approximate surface area is 106 Å². The van der Waals surface area contributed by atoms with Gasteiger partial charge in [-0.05, 0) is 25.1 Å². The van der Waals surface area contributed by atoms with Crippen LogP contribution in [0.1, 0.15) is 24.4 Å². The van der Waals surface area contributed by atoms with Gasteiger partial charge in [0.05, 0.1) is 6.04 Å². The van der Waals surface area contributed by atoms with E-state index in [-0.39, 0.29) is 11.9 Å². The summed E-state index contributed by atoms with van der Waals surface area (Å²) >= 11 is 1.87. The Kier molecular flexibility index (Phi) is 4.45. The van der Waals surface area contributed by atoms with Gasteiger partial charge >= 0.3 is 0 Å². The second-order valence-corrected chi connectivity index (χ2v) is 5.29. The molecule has 3 nitrogen and oxygen atoms in total. The van der Waals surface area contributed by atoms with Gasteiger partial charge in [0.2, 0.25) is 5.91 Å². The van der Waals surface area contributed by atoms with Crippen LogP contribution >= 0.6 is 11.8 Å². The van der Waals surface area contributed by atoms with Crippen molar-refractivity contribution in [3.63, 3.8) is 0 Å². The molecule has 0 fully saturated rings. The van der Waals surface area contributed by atoms with Crippen molar-refractivity contribution in [2.45, 2.75) is 23.8 Å². The average molecular weight is 250 g/mol. The van der Waals surface area contributed by atoms with Crippen molar-refractivity contribution in [3.8, 4) is 0 Å². The Balaban J connectivity index is 2.01. The molecule has 0 radical (unpaired) electrons. The molecule has 0 saturated carbocycles. The first-order chi connectivity index (χ1) is 8.31. The predicted molar refractivity (Wildman–Crippen MR) is 71.2 cm³/mol. The van der Waals surface area contributed by atoms with Crippen LogP contribution in [0.3, 0.4) is 0 Å². The number of nitrogens with one attached hydrogen (secondary N) is 2. The molecule has 2 N–H and O–H groups in total. The fraction of sp³-hybridized carbons (Fsp3) is 0.462. The lowest BCUT2D eigenvalue weighted by molar-refractivity contribution is -0.121. The van der Waals surface area contributed by atoms with Crippen LogP contribution in [-0.2, 0) is 4.79 Å². The number of carbonyl (C=O) groups excluding carboxylic acids is 1. The molecular formula is C13H18N2OS. The largest absolute Gasteiger partial charge is 0.349 e. The molecule has 1 unspecified atom stereocenters. The molecule has 1 amide bonds. The molecule has 2 rings (SSSR count). The number of rotatable bonds is 4. The van der Waals surface area contributed by atoms with Crippen LogP contribution < -0.4 is 10.6 Å². The second kappa shape index (κ2) is 6.07. The highest BCUT2D eigenvalue weighted by molar-refractivity contribution is 7.99. The lowest BCUT2D eigenvalue weighted by Crippen LogP contribution is -2.32. The maximum absolute atomic E-state index is 11.7. The zero-order valence-corrected chi connectivity index (χ0v) is 10.8. The summed E-state index contributed by atoms with van der Waals surface area (Å²) in [7, 11) is 1.86. The van der Waals surface area contributed by atoms with Gasteiger partial charge in [-0.2, -0.15) is 0 Å². The molecule has 1 aromatic carbocycles. The van der Waals surface area contributed by atoms with E-state index in [2.05, 4.69) is 28.8 Å². The van der Waals surface area contributed by atoms with E-state index in [1.807, 2.05) is 24.9 Å². The Morgan fingerprint density at radius 3 is 3.12 bits per heavy atom. The molecule has 1 aliphatic heterocycles. The average Bonchev–Trinajstić information content (AvgIpc) is 2.37. The van der Waals surface area contributed by atoms with Crippen molar-refractivity contribution < 1.29 is 4.79 Å². The normalized spacial score (nSPS) is 18.5. The summed E-state index contributed by atoms with van der Waals surface area (Å²) in [5.41, 5.74) is 1.27. The van der Waals surface area contributed by atoms with E-state index in [0.29, 0.717) is 6.42 Å². The molecule has 0 aromatic heterocycles. The number of hydrogen-bond acceptors (Lipinski definition) is 3. The second-order valence-electron chi connectivity index (χ2n) is 4.15. The van der Waals surface area contributed by atoms with Crippen molar-refractivity contribution in [1.29, 1.82) is 0 Å². The quantitative estimate of drug-likeness (QED) is 0.858. The highest BCUT2D eigenvalue weighted by Crippen LogP contribution is 2.35. The third-order valence-corrected chi connectivity index (χ3v) is 4.02. The zero-order chi connectivity index (χ0) is 12.1. The van der Waals surface area contributed by atoms with E-state index in [4.69, 9.17) is 0 Å². The molecule has 92 valence electrons. The standard InChI is InChI=1S/C13H18N2OS/c1-14-8-6-13(16)15-11-7-9-17-12-5-3-2-4-10(11)12/h2-5,11,14H,6-9H2,1H3,(H,15,16). The maximum atomic E-state index is 11.7. The minimum absolute atomic E-state index is 0.131. The van der Waals surface area contributed by atoms with Gasteiger partial charge in [-0.3, -0.25) is 4.79 Å². The van der Waals surface area contributed by atoms with Gasteiger partial charge in [0, 0.05) is 23.6 Å². The molecule has 1 aromatic rings. The maximum Gasteiger partial charge on any atom is 0.221 e. The molecule has 0 aliphatic carbocycles. The van der Waals surface area contributed by atoms with Crippen molar-refractivity contribution in [2.75, 3.05) is 19.3 Å². The predicted octanol–water partition coefficient (Wildman–Crippen LogP) is 1.95. The van der Waals surface area contributed by atoms with Crippen LogP contribution in [-0.4, -0.2) is 25.3 Å².